The van der Waals surface area contributed by atoms with E-state index in [-0.39, 0.29) is 5.91 Å². The molecule has 7 heteroatoms. The van der Waals surface area contributed by atoms with E-state index in [9.17, 15) is 4.79 Å². The molecule has 0 radical (unpaired) electrons. The Morgan fingerprint density at radius 1 is 1.38 bits per heavy atom. The number of hydrogen-bond acceptors (Lipinski definition) is 5. The Balaban J connectivity index is 1.56. The number of rotatable bonds is 4. The van der Waals surface area contributed by atoms with E-state index >= 15 is 0 Å². The normalized spacial score (nSPS) is 20.3. The van der Waals surface area contributed by atoms with E-state index in [4.69, 9.17) is 12.2 Å². The summed E-state index contributed by atoms with van der Waals surface area (Å²) in [6.45, 7) is 6.57. The van der Waals surface area contributed by atoms with Gasteiger partial charge in [0.2, 0.25) is 5.91 Å². The average Bonchev–Trinajstić information content (AvgIpc) is 3.00. The largest absolute Gasteiger partial charge is 0.352 e. The van der Waals surface area contributed by atoms with E-state index in [1.165, 1.54) is 47.9 Å². The van der Waals surface area contributed by atoms with Crippen LogP contribution < -0.4 is 5.32 Å². The molecule has 2 atom stereocenters. The molecule has 0 aliphatic carbocycles. The van der Waals surface area contributed by atoms with Crippen molar-refractivity contribution in [3.63, 3.8) is 0 Å². The number of benzene rings is 1. The van der Waals surface area contributed by atoms with Crippen molar-refractivity contribution in [2.45, 2.75) is 58.5 Å². The summed E-state index contributed by atoms with van der Waals surface area (Å²) in [5, 5.41) is 3.58. The molecule has 1 aliphatic rings. The zero-order chi connectivity index (χ0) is 18.7. The number of thiocarbonyl (C=S) groups is 1. The van der Waals surface area contributed by atoms with Crippen LogP contribution in [-0.4, -0.2) is 37.9 Å². The zero-order valence-corrected chi connectivity index (χ0v) is 17.9. The highest BCUT2D eigenvalue weighted by molar-refractivity contribution is 8.23. The molecule has 2 unspecified atom stereocenters. The lowest BCUT2D eigenvalue weighted by Gasteiger charge is -2.40. The van der Waals surface area contributed by atoms with Gasteiger partial charge in [-0.2, -0.15) is 0 Å². The molecule has 3 rings (SSSR count). The quantitative estimate of drug-likeness (QED) is 0.716. The number of fused-ring (bicyclic) bond motifs is 1. The third-order valence-electron chi connectivity index (χ3n) is 4.84. The van der Waals surface area contributed by atoms with Gasteiger partial charge in [-0.3, -0.25) is 4.79 Å². The number of carbonyl (C=O) groups excluding carboxylic acids is 1. The van der Waals surface area contributed by atoms with Crippen LogP contribution in [0.15, 0.2) is 18.2 Å². The molecule has 1 fully saturated rings. The van der Waals surface area contributed by atoms with Crippen LogP contribution in [0.3, 0.4) is 0 Å². The number of amides is 1. The number of thiazole rings is 1. The van der Waals surface area contributed by atoms with Gasteiger partial charge < -0.3 is 10.2 Å². The maximum Gasteiger partial charge on any atom is 0.236 e. The number of anilines is 1. The fourth-order valence-electron chi connectivity index (χ4n) is 3.38. The van der Waals surface area contributed by atoms with Crippen molar-refractivity contribution in [1.82, 2.24) is 9.88 Å². The van der Waals surface area contributed by atoms with Crippen LogP contribution in [0.25, 0.3) is 10.2 Å². The molecule has 1 saturated heterocycles. The minimum absolute atomic E-state index is 0.0514. The molecule has 2 aromatic rings. The first-order valence-electron chi connectivity index (χ1n) is 9.12. The lowest BCUT2D eigenvalue weighted by molar-refractivity contribution is -0.113. The van der Waals surface area contributed by atoms with E-state index < -0.39 is 0 Å². The number of hydrogen-bond donors (Lipinski definition) is 1. The van der Waals surface area contributed by atoms with E-state index in [2.05, 4.69) is 48.1 Å². The Kier molecular flexibility index (Phi) is 6.53. The van der Waals surface area contributed by atoms with Gasteiger partial charge in [0.25, 0.3) is 0 Å². The van der Waals surface area contributed by atoms with E-state index in [0.717, 1.165) is 21.0 Å². The van der Waals surface area contributed by atoms with Gasteiger partial charge in [0.05, 0.1) is 16.0 Å². The first-order chi connectivity index (χ1) is 12.5. The minimum atomic E-state index is -0.0514. The van der Waals surface area contributed by atoms with Crippen LogP contribution in [-0.2, 0) is 11.2 Å². The Labute approximate surface area is 168 Å². The number of aryl methyl sites for hydroxylation is 1. The second kappa shape index (κ2) is 8.67. The summed E-state index contributed by atoms with van der Waals surface area (Å²) in [5.74, 6) is 0.273. The summed E-state index contributed by atoms with van der Waals surface area (Å²) in [5.41, 5.74) is 2.21. The number of likely N-dealkylation sites (tertiary alicyclic amines) is 1. The van der Waals surface area contributed by atoms with Gasteiger partial charge in [0.1, 0.15) is 4.32 Å². The minimum Gasteiger partial charge on any atom is -0.352 e. The molecule has 4 nitrogen and oxygen atoms in total. The third kappa shape index (κ3) is 4.56. The second-order valence-electron chi connectivity index (χ2n) is 6.81. The van der Waals surface area contributed by atoms with Gasteiger partial charge in [0.15, 0.2) is 5.13 Å². The van der Waals surface area contributed by atoms with E-state index in [1.54, 1.807) is 0 Å². The van der Waals surface area contributed by atoms with Gasteiger partial charge in [-0.1, -0.05) is 48.3 Å². The SMILES string of the molecule is CCc1ccc2nc(NC(=O)CSC(=S)N3C(C)CCCC3C)sc2c1. The Morgan fingerprint density at radius 3 is 2.81 bits per heavy atom. The van der Waals surface area contributed by atoms with Crippen molar-refractivity contribution in [1.29, 1.82) is 0 Å². The maximum atomic E-state index is 12.3. The molecular formula is C19H25N3OS3. The molecule has 2 heterocycles. The van der Waals surface area contributed by atoms with Gasteiger partial charge >= 0.3 is 0 Å². The van der Waals surface area contributed by atoms with Gasteiger partial charge in [-0.05, 0) is 57.2 Å². The monoisotopic (exact) mass is 407 g/mol. The van der Waals surface area contributed by atoms with Crippen molar-refractivity contribution in [2.24, 2.45) is 0 Å². The summed E-state index contributed by atoms with van der Waals surface area (Å²) < 4.78 is 1.94. The second-order valence-corrected chi connectivity index (χ2v) is 9.45. The first-order valence-corrected chi connectivity index (χ1v) is 11.3. The number of nitrogens with zero attached hydrogens (tertiary/aromatic N) is 2. The van der Waals surface area contributed by atoms with E-state index in [1.807, 2.05) is 6.07 Å². The zero-order valence-electron chi connectivity index (χ0n) is 15.4. The van der Waals surface area contributed by atoms with Crippen LogP contribution in [0.1, 0.15) is 45.6 Å². The van der Waals surface area contributed by atoms with E-state index in [0.29, 0.717) is 23.0 Å². The molecule has 1 amide bonds. The van der Waals surface area contributed by atoms with Crippen molar-refractivity contribution in [2.75, 3.05) is 11.1 Å². The van der Waals surface area contributed by atoms with Gasteiger partial charge in [-0.25, -0.2) is 4.98 Å². The third-order valence-corrected chi connectivity index (χ3v) is 7.20. The summed E-state index contributed by atoms with van der Waals surface area (Å²) in [6.07, 6.45) is 4.59. The number of aromatic nitrogens is 1. The van der Waals surface area contributed by atoms with Gasteiger partial charge in [0, 0.05) is 12.1 Å². The van der Waals surface area contributed by atoms with Crippen LogP contribution >= 0.6 is 35.3 Å². The molecular weight excluding hydrogens is 382 g/mol. The molecule has 1 aromatic carbocycles. The maximum absolute atomic E-state index is 12.3. The summed E-state index contributed by atoms with van der Waals surface area (Å²) in [6, 6.07) is 7.16. The Morgan fingerprint density at radius 2 is 2.12 bits per heavy atom. The molecule has 0 bridgehead atoms. The molecule has 1 aliphatic heterocycles. The predicted molar refractivity (Wildman–Crippen MR) is 117 cm³/mol. The number of piperidine rings is 1. The smallest absolute Gasteiger partial charge is 0.236 e. The molecule has 26 heavy (non-hydrogen) atoms. The summed E-state index contributed by atoms with van der Waals surface area (Å²) in [4.78, 5) is 19.1. The topological polar surface area (TPSA) is 45.2 Å². The first kappa shape index (κ1) is 19.6. The lowest BCUT2D eigenvalue weighted by atomic mass is 9.99. The molecule has 140 valence electrons. The summed E-state index contributed by atoms with van der Waals surface area (Å²) in [7, 11) is 0. The van der Waals surface area contributed by atoms with Crippen LogP contribution in [0.2, 0.25) is 0 Å². The highest BCUT2D eigenvalue weighted by Gasteiger charge is 2.27. The van der Waals surface area contributed by atoms with Crippen LogP contribution in [0.4, 0.5) is 5.13 Å². The number of thioether (sulfide) groups is 1. The fraction of sp³-hybridized carbons (Fsp3) is 0.526. The average molecular weight is 408 g/mol. The Hall–Kier alpha value is -1.18. The molecule has 0 saturated carbocycles. The number of nitrogens with one attached hydrogen (secondary N) is 1. The molecule has 1 N–H and O–H groups in total. The van der Waals surface area contributed by atoms with Crippen molar-refractivity contribution >= 4 is 60.9 Å². The van der Waals surface area contributed by atoms with Crippen molar-refractivity contribution < 1.29 is 4.79 Å². The van der Waals surface area contributed by atoms with Crippen molar-refractivity contribution in [3.8, 4) is 0 Å². The lowest BCUT2D eigenvalue weighted by Crippen LogP contribution is -2.45. The standard InChI is InChI=1S/C19H25N3OS3/c1-4-14-8-9-15-16(10-14)26-18(20-15)21-17(23)11-25-19(24)22-12(2)6-5-7-13(22)3/h8-10,12-13H,4-7,11H2,1-3H3,(H,20,21,23). The predicted octanol–water partition coefficient (Wildman–Crippen LogP) is 5.08. The fourth-order valence-corrected chi connectivity index (χ4v) is 5.70. The highest BCUT2D eigenvalue weighted by atomic mass is 32.2. The van der Waals surface area contributed by atoms with Crippen LogP contribution in [0.5, 0.6) is 0 Å². The van der Waals surface area contributed by atoms with Crippen LogP contribution in [0, 0.1) is 0 Å². The molecule has 0 spiro atoms. The number of carbonyl (C=O) groups is 1. The molecule has 1 aromatic heterocycles. The Bertz CT molecular complexity index is 794. The van der Waals surface area contributed by atoms with Gasteiger partial charge in [-0.15, -0.1) is 0 Å². The van der Waals surface area contributed by atoms with Crippen molar-refractivity contribution in [3.05, 3.63) is 23.8 Å². The highest BCUT2D eigenvalue weighted by Crippen LogP contribution is 2.28. The summed E-state index contributed by atoms with van der Waals surface area (Å²) >= 11 is 8.56.